The summed E-state index contributed by atoms with van der Waals surface area (Å²) in [6.07, 6.45) is 2.07. The highest BCUT2D eigenvalue weighted by molar-refractivity contribution is 5.85. The van der Waals surface area contributed by atoms with Crippen LogP contribution in [0.4, 0.5) is 0 Å². The Balaban J connectivity index is 0.00000220. The van der Waals surface area contributed by atoms with Crippen molar-refractivity contribution in [2.24, 2.45) is 5.92 Å². The number of hydrogen-bond acceptors (Lipinski definition) is 3. The van der Waals surface area contributed by atoms with E-state index in [0.29, 0.717) is 6.61 Å². The van der Waals surface area contributed by atoms with Crippen molar-refractivity contribution in [2.75, 3.05) is 26.2 Å². The van der Waals surface area contributed by atoms with Gasteiger partial charge in [0.1, 0.15) is 18.5 Å². The van der Waals surface area contributed by atoms with Gasteiger partial charge in [0.15, 0.2) is 0 Å². The first-order valence-corrected chi connectivity index (χ1v) is 7.65. The molecule has 120 valence electrons. The van der Waals surface area contributed by atoms with Crippen LogP contribution >= 0.6 is 12.4 Å². The second kappa shape index (κ2) is 8.62. The number of aliphatic hydroxyl groups excluding tert-OH is 1. The van der Waals surface area contributed by atoms with E-state index in [9.17, 15) is 5.11 Å². The quantitative estimate of drug-likeness (QED) is 0.906. The summed E-state index contributed by atoms with van der Waals surface area (Å²) in [6.45, 7) is 9.68. The molecule has 1 aliphatic rings. The zero-order valence-corrected chi connectivity index (χ0v) is 14.2. The molecule has 1 aliphatic heterocycles. The molecule has 21 heavy (non-hydrogen) atoms. The van der Waals surface area contributed by atoms with Crippen LogP contribution in [0.2, 0.25) is 0 Å². The SMILES string of the molecule is Cc1cccc(C)c1OCC(O)CN1CCC(C)CC1.Cl. The van der Waals surface area contributed by atoms with Crippen LogP contribution in [0.25, 0.3) is 0 Å². The first kappa shape index (κ1) is 18.3. The molecular formula is C17H28ClNO2. The van der Waals surface area contributed by atoms with Gasteiger partial charge in [-0.25, -0.2) is 0 Å². The van der Waals surface area contributed by atoms with Gasteiger partial charge in [-0.05, 0) is 56.8 Å². The predicted molar refractivity (Wildman–Crippen MR) is 89.5 cm³/mol. The van der Waals surface area contributed by atoms with Crippen molar-refractivity contribution in [3.05, 3.63) is 29.3 Å². The van der Waals surface area contributed by atoms with Gasteiger partial charge in [0.25, 0.3) is 0 Å². The van der Waals surface area contributed by atoms with Crippen LogP contribution in [-0.2, 0) is 0 Å². The van der Waals surface area contributed by atoms with E-state index in [4.69, 9.17) is 4.74 Å². The zero-order chi connectivity index (χ0) is 14.5. The number of para-hydroxylation sites is 1. The third-order valence-corrected chi connectivity index (χ3v) is 4.17. The van der Waals surface area contributed by atoms with E-state index in [-0.39, 0.29) is 12.4 Å². The predicted octanol–water partition coefficient (Wildman–Crippen LogP) is 3.20. The second-order valence-corrected chi connectivity index (χ2v) is 6.17. The van der Waals surface area contributed by atoms with Crippen molar-refractivity contribution < 1.29 is 9.84 Å². The highest BCUT2D eigenvalue weighted by atomic mass is 35.5. The van der Waals surface area contributed by atoms with Gasteiger partial charge in [0.05, 0.1) is 0 Å². The van der Waals surface area contributed by atoms with Gasteiger partial charge in [-0.2, -0.15) is 0 Å². The largest absolute Gasteiger partial charge is 0.490 e. The van der Waals surface area contributed by atoms with Crippen LogP contribution in [0.1, 0.15) is 30.9 Å². The average molecular weight is 314 g/mol. The molecule has 1 aromatic rings. The van der Waals surface area contributed by atoms with Gasteiger partial charge >= 0.3 is 0 Å². The molecule has 0 saturated carbocycles. The number of nitrogens with zero attached hydrogens (tertiary/aromatic N) is 1. The van der Waals surface area contributed by atoms with Gasteiger partial charge in [0.2, 0.25) is 0 Å². The van der Waals surface area contributed by atoms with Crippen molar-refractivity contribution in [3.63, 3.8) is 0 Å². The summed E-state index contributed by atoms with van der Waals surface area (Å²) in [7, 11) is 0. The van der Waals surface area contributed by atoms with Crippen LogP contribution in [-0.4, -0.2) is 42.4 Å². The summed E-state index contributed by atoms with van der Waals surface area (Å²) >= 11 is 0. The van der Waals surface area contributed by atoms with E-state index in [1.54, 1.807) is 0 Å². The number of ether oxygens (including phenoxy) is 1. The molecule has 1 fully saturated rings. The monoisotopic (exact) mass is 313 g/mol. The lowest BCUT2D eigenvalue weighted by molar-refractivity contribution is 0.0559. The Morgan fingerprint density at radius 1 is 1.24 bits per heavy atom. The summed E-state index contributed by atoms with van der Waals surface area (Å²) in [6, 6.07) is 6.12. The number of likely N-dealkylation sites (tertiary alicyclic amines) is 1. The Morgan fingerprint density at radius 3 is 2.38 bits per heavy atom. The molecule has 4 heteroatoms. The van der Waals surface area contributed by atoms with Crippen LogP contribution in [0.3, 0.4) is 0 Å². The maximum atomic E-state index is 10.1. The minimum absolute atomic E-state index is 0. The minimum Gasteiger partial charge on any atom is -0.490 e. The van der Waals surface area contributed by atoms with E-state index < -0.39 is 6.10 Å². The zero-order valence-electron chi connectivity index (χ0n) is 13.3. The lowest BCUT2D eigenvalue weighted by Crippen LogP contribution is -2.40. The Kier molecular flexibility index (Phi) is 7.50. The fourth-order valence-corrected chi connectivity index (χ4v) is 2.80. The molecule has 1 unspecified atom stereocenters. The van der Waals surface area contributed by atoms with Crippen molar-refractivity contribution in [3.8, 4) is 5.75 Å². The number of β-amino-alcohol motifs (C(OH)–C–C–N with tert-alkyl or cyclic N) is 1. The van der Waals surface area contributed by atoms with Crippen LogP contribution < -0.4 is 4.74 Å². The third kappa shape index (κ3) is 5.50. The molecule has 0 bridgehead atoms. The van der Waals surface area contributed by atoms with Crippen LogP contribution in [0, 0.1) is 19.8 Å². The number of hydrogen-bond donors (Lipinski definition) is 1. The maximum Gasteiger partial charge on any atom is 0.125 e. The van der Waals surface area contributed by atoms with Crippen LogP contribution in [0.5, 0.6) is 5.75 Å². The first-order valence-electron chi connectivity index (χ1n) is 7.65. The Bertz CT molecular complexity index is 411. The molecular weight excluding hydrogens is 286 g/mol. The summed E-state index contributed by atoms with van der Waals surface area (Å²) in [5, 5.41) is 10.1. The summed E-state index contributed by atoms with van der Waals surface area (Å²) in [5.41, 5.74) is 2.26. The minimum atomic E-state index is -0.414. The topological polar surface area (TPSA) is 32.7 Å². The van der Waals surface area contributed by atoms with Crippen molar-refractivity contribution in [1.82, 2.24) is 4.90 Å². The van der Waals surface area contributed by atoms with Gasteiger partial charge in [-0.15, -0.1) is 12.4 Å². The third-order valence-electron chi connectivity index (χ3n) is 4.17. The van der Waals surface area contributed by atoms with Gasteiger partial charge in [-0.1, -0.05) is 25.1 Å². The summed E-state index contributed by atoms with van der Waals surface area (Å²) < 4.78 is 5.82. The number of halogens is 1. The smallest absolute Gasteiger partial charge is 0.125 e. The van der Waals surface area contributed by atoms with E-state index in [2.05, 4.69) is 11.8 Å². The van der Waals surface area contributed by atoms with Crippen LogP contribution in [0.15, 0.2) is 18.2 Å². The van der Waals surface area contributed by atoms with Crippen molar-refractivity contribution in [2.45, 2.75) is 39.7 Å². The lowest BCUT2D eigenvalue weighted by Gasteiger charge is -2.31. The molecule has 1 saturated heterocycles. The molecule has 1 N–H and O–H groups in total. The molecule has 0 aromatic heterocycles. The number of aryl methyl sites for hydroxylation is 2. The van der Waals surface area contributed by atoms with Crippen molar-refractivity contribution >= 4 is 12.4 Å². The number of aliphatic hydroxyl groups is 1. The fourth-order valence-electron chi connectivity index (χ4n) is 2.80. The number of rotatable bonds is 5. The van der Waals surface area contributed by atoms with E-state index in [1.807, 2.05) is 32.0 Å². The Labute approximate surface area is 134 Å². The normalized spacial score (nSPS) is 18.1. The highest BCUT2D eigenvalue weighted by Gasteiger charge is 2.18. The average Bonchev–Trinajstić information content (AvgIpc) is 2.41. The highest BCUT2D eigenvalue weighted by Crippen LogP contribution is 2.22. The van der Waals surface area contributed by atoms with E-state index in [0.717, 1.165) is 42.4 Å². The molecule has 3 nitrogen and oxygen atoms in total. The number of piperidine rings is 1. The number of benzene rings is 1. The molecule has 1 aromatic carbocycles. The Morgan fingerprint density at radius 2 is 1.81 bits per heavy atom. The molecule has 1 heterocycles. The standard InChI is InChI=1S/C17H27NO2.ClH/c1-13-7-9-18(10-8-13)11-16(19)12-20-17-14(2)5-4-6-15(17)3;/h4-6,13,16,19H,7-12H2,1-3H3;1H. The fraction of sp³-hybridized carbons (Fsp3) is 0.647. The molecule has 1 atom stereocenters. The van der Waals surface area contributed by atoms with E-state index in [1.165, 1.54) is 12.8 Å². The summed E-state index contributed by atoms with van der Waals surface area (Å²) in [4.78, 5) is 2.35. The van der Waals surface area contributed by atoms with Crippen molar-refractivity contribution in [1.29, 1.82) is 0 Å². The first-order chi connectivity index (χ1) is 9.56. The Hall–Kier alpha value is -0.770. The molecule has 0 amide bonds. The molecule has 0 spiro atoms. The summed E-state index contributed by atoms with van der Waals surface area (Å²) in [5.74, 6) is 1.74. The lowest BCUT2D eigenvalue weighted by atomic mass is 9.99. The van der Waals surface area contributed by atoms with E-state index >= 15 is 0 Å². The van der Waals surface area contributed by atoms with Gasteiger partial charge < -0.3 is 14.7 Å². The second-order valence-electron chi connectivity index (χ2n) is 6.17. The maximum absolute atomic E-state index is 10.1. The van der Waals surface area contributed by atoms with Gasteiger partial charge in [0, 0.05) is 6.54 Å². The molecule has 0 radical (unpaired) electrons. The molecule has 2 rings (SSSR count). The molecule has 0 aliphatic carbocycles. The van der Waals surface area contributed by atoms with Gasteiger partial charge in [-0.3, -0.25) is 0 Å².